The van der Waals surface area contributed by atoms with Crippen LogP contribution >= 0.6 is 11.6 Å². The van der Waals surface area contributed by atoms with Crippen molar-refractivity contribution in [3.63, 3.8) is 0 Å². The topological polar surface area (TPSA) is 63.2 Å². The maximum atomic E-state index is 12.5. The molecule has 3 rings (SSSR count). The van der Waals surface area contributed by atoms with E-state index in [4.69, 9.17) is 35.3 Å². The molecule has 0 aliphatic carbocycles. The number of carbonyl (C=O) groups is 1. The smallest absolute Gasteiger partial charge is 0.346 e. The molecule has 0 aromatic heterocycles. The van der Waals surface area contributed by atoms with Crippen molar-refractivity contribution in [1.82, 2.24) is 0 Å². The van der Waals surface area contributed by atoms with Gasteiger partial charge in [0.1, 0.15) is 23.7 Å². The minimum absolute atomic E-state index is 0.0242. The summed E-state index contributed by atoms with van der Waals surface area (Å²) in [6.45, 7) is 1.12. The zero-order valence-corrected chi connectivity index (χ0v) is 15.3. The highest BCUT2D eigenvalue weighted by molar-refractivity contribution is 6.32. The number of hydrogen-bond donors (Lipinski definition) is 0. The third-order valence-corrected chi connectivity index (χ3v) is 4.14. The van der Waals surface area contributed by atoms with Crippen molar-refractivity contribution in [2.75, 3.05) is 27.4 Å². The molecule has 1 aliphatic heterocycles. The van der Waals surface area contributed by atoms with Gasteiger partial charge in [0.15, 0.2) is 11.5 Å². The summed E-state index contributed by atoms with van der Waals surface area (Å²) in [6.07, 6.45) is 0.781. The highest BCUT2D eigenvalue weighted by atomic mass is 35.5. The van der Waals surface area contributed by atoms with E-state index in [1.54, 1.807) is 30.3 Å². The quantitative estimate of drug-likeness (QED) is 0.736. The molecule has 2 aromatic rings. The van der Waals surface area contributed by atoms with Crippen LogP contribution in [-0.4, -0.2) is 33.4 Å². The maximum Gasteiger partial charge on any atom is 0.346 e. The summed E-state index contributed by atoms with van der Waals surface area (Å²) in [4.78, 5) is 12.5. The molecule has 1 heterocycles. The molecule has 138 valence electrons. The number of esters is 1. The molecule has 0 saturated carbocycles. The van der Waals surface area contributed by atoms with Crippen molar-refractivity contribution in [2.45, 2.75) is 13.0 Å². The Labute approximate surface area is 156 Å². The SMILES string of the molecule is COc1cccc(OC)c1C(=O)OCc1cc(Cl)c2c(c1)OCCCO2. The summed E-state index contributed by atoms with van der Waals surface area (Å²) in [7, 11) is 2.96. The Morgan fingerprint density at radius 2 is 1.81 bits per heavy atom. The van der Waals surface area contributed by atoms with Gasteiger partial charge >= 0.3 is 5.97 Å². The second kappa shape index (κ2) is 8.19. The van der Waals surface area contributed by atoms with E-state index >= 15 is 0 Å². The summed E-state index contributed by atoms with van der Waals surface area (Å²) in [6, 6.07) is 8.53. The predicted octanol–water partition coefficient (Wildman–Crippen LogP) is 3.88. The number of carbonyl (C=O) groups excluding carboxylic acids is 1. The van der Waals surface area contributed by atoms with Crippen LogP contribution in [0.15, 0.2) is 30.3 Å². The molecule has 2 aromatic carbocycles. The lowest BCUT2D eigenvalue weighted by Crippen LogP contribution is -2.09. The lowest BCUT2D eigenvalue weighted by molar-refractivity contribution is 0.0465. The van der Waals surface area contributed by atoms with Gasteiger partial charge in [-0.3, -0.25) is 0 Å². The van der Waals surface area contributed by atoms with E-state index in [0.717, 1.165) is 6.42 Å². The monoisotopic (exact) mass is 378 g/mol. The summed E-state index contributed by atoms with van der Waals surface area (Å²) in [5.41, 5.74) is 0.930. The van der Waals surface area contributed by atoms with Gasteiger partial charge in [0, 0.05) is 6.42 Å². The molecule has 0 atom stereocenters. The average Bonchev–Trinajstić information content (AvgIpc) is 2.91. The van der Waals surface area contributed by atoms with Crippen LogP contribution in [0, 0.1) is 0 Å². The van der Waals surface area contributed by atoms with Crippen molar-refractivity contribution in [3.05, 3.63) is 46.5 Å². The first-order valence-corrected chi connectivity index (χ1v) is 8.48. The Morgan fingerprint density at radius 3 is 2.50 bits per heavy atom. The van der Waals surface area contributed by atoms with Crippen molar-refractivity contribution < 1.29 is 28.5 Å². The van der Waals surface area contributed by atoms with Crippen LogP contribution in [0.2, 0.25) is 5.02 Å². The van der Waals surface area contributed by atoms with Crippen LogP contribution in [0.5, 0.6) is 23.0 Å². The molecule has 0 radical (unpaired) electrons. The first-order valence-electron chi connectivity index (χ1n) is 8.10. The fraction of sp³-hybridized carbons (Fsp3) is 0.316. The fourth-order valence-electron chi connectivity index (χ4n) is 2.64. The van der Waals surface area contributed by atoms with E-state index in [1.807, 2.05) is 0 Å². The number of rotatable bonds is 5. The molecule has 1 aliphatic rings. The molecule has 0 bridgehead atoms. The lowest BCUT2D eigenvalue weighted by atomic mass is 10.1. The average molecular weight is 379 g/mol. The number of ether oxygens (including phenoxy) is 5. The number of hydrogen-bond acceptors (Lipinski definition) is 6. The first-order chi connectivity index (χ1) is 12.6. The number of fused-ring (bicyclic) bond motifs is 1. The summed E-state index contributed by atoms with van der Waals surface area (Å²) < 4.78 is 27.1. The van der Waals surface area contributed by atoms with Gasteiger partial charge in [-0.05, 0) is 29.8 Å². The Bertz CT molecular complexity index is 783. The molecule has 0 N–H and O–H groups in total. The minimum Gasteiger partial charge on any atom is -0.496 e. The fourth-order valence-corrected chi connectivity index (χ4v) is 2.93. The van der Waals surface area contributed by atoms with E-state index in [0.29, 0.717) is 46.8 Å². The molecular formula is C19H19ClO6. The third kappa shape index (κ3) is 3.80. The maximum absolute atomic E-state index is 12.5. The molecule has 0 amide bonds. The van der Waals surface area contributed by atoms with Crippen molar-refractivity contribution >= 4 is 17.6 Å². The van der Waals surface area contributed by atoms with Crippen LogP contribution in [0.25, 0.3) is 0 Å². The largest absolute Gasteiger partial charge is 0.496 e. The highest BCUT2D eigenvalue weighted by Crippen LogP contribution is 2.38. The standard InChI is InChI=1S/C19H19ClO6/c1-22-14-5-3-6-15(23-2)17(14)19(21)26-11-12-9-13(20)18-16(10-12)24-7-4-8-25-18/h3,5-6,9-10H,4,7-8,11H2,1-2H3. The van der Waals surface area contributed by atoms with Crippen molar-refractivity contribution in [1.29, 1.82) is 0 Å². The van der Waals surface area contributed by atoms with E-state index < -0.39 is 5.97 Å². The molecule has 0 unspecified atom stereocenters. The zero-order valence-electron chi connectivity index (χ0n) is 14.5. The van der Waals surface area contributed by atoms with E-state index in [9.17, 15) is 4.79 Å². The van der Waals surface area contributed by atoms with Gasteiger partial charge in [0.2, 0.25) is 0 Å². The van der Waals surface area contributed by atoms with Crippen LogP contribution < -0.4 is 18.9 Å². The lowest BCUT2D eigenvalue weighted by Gasteiger charge is -2.14. The van der Waals surface area contributed by atoms with Crippen LogP contribution in [0.1, 0.15) is 22.3 Å². The van der Waals surface area contributed by atoms with Gasteiger partial charge in [-0.1, -0.05) is 17.7 Å². The summed E-state index contributed by atoms with van der Waals surface area (Å²) >= 11 is 6.26. The molecule has 0 fully saturated rings. The van der Waals surface area contributed by atoms with E-state index in [1.165, 1.54) is 14.2 Å². The van der Waals surface area contributed by atoms with Gasteiger partial charge < -0.3 is 23.7 Å². The van der Waals surface area contributed by atoms with Crippen molar-refractivity contribution in [2.24, 2.45) is 0 Å². The third-order valence-electron chi connectivity index (χ3n) is 3.86. The van der Waals surface area contributed by atoms with Crippen LogP contribution in [0.3, 0.4) is 0 Å². The molecule has 26 heavy (non-hydrogen) atoms. The van der Waals surface area contributed by atoms with Gasteiger partial charge in [-0.2, -0.15) is 0 Å². The van der Waals surface area contributed by atoms with Crippen LogP contribution in [0.4, 0.5) is 0 Å². The molecule has 7 heteroatoms. The number of halogens is 1. The van der Waals surface area contributed by atoms with E-state index in [-0.39, 0.29) is 12.2 Å². The second-order valence-electron chi connectivity index (χ2n) is 5.57. The summed E-state index contributed by atoms with van der Waals surface area (Å²) in [5.74, 6) is 1.28. The Hall–Kier alpha value is -2.60. The Kier molecular flexibility index (Phi) is 5.73. The molecule has 6 nitrogen and oxygen atoms in total. The first kappa shape index (κ1) is 18.2. The number of methoxy groups -OCH3 is 2. The van der Waals surface area contributed by atoms with Gasteiger partial charge in [0.05, 0.1) is 32.5 Å². The normalized spacial score (nSPS) is 12.9. The van der Waals surface area contributed by atoms with E-state index in [2.05, 4.69) is 0 Å². The van der Waals surface area contributed by atoms with Gasteiger partial charge in [-0.25, -0.2) is 4.79 Å². The Morgan fingerprint density at radius 1 is 1.12 bits per heavy atom. The van der Waals surface area contributed by atoms with Gasteiger partial charge in [0.25, 0.3) is 0 Å². The highest BCUT2D eigenvalue weighted by Gasteiger charge is 2.21. The summed E-state index contributed by atoms with van der Waals surface area (Å²) in [5, 5.41) is 0.422. The molecule has 0 spiro atoms. The van der Waals surface area contributed by atoms with Crippen LogP contribution in [-0.2, 0) is 11.3 Å². The Balaban J connectivity index is 1.79. The minimum atomic E-state index is -0.553. The number of benzene rings is 2. The second-order valence-corrected chi connectivity index (χ2v) is 5.98. The van der Waals surface area contributed by atoms with Crippen molar-refractivity contribution in [3.8, 4) is 23.0 Å². The molecule has 0 saturated heterocycles. The zero-order chi connectivity index (χ0) is 18.5. The predicted molar refractivity (Wildman–Crippen MR) is 95.7 cm³/mol. The van der Waals surface area contributed by atoms with Gasteiger partial charge in [-0.15, -0.1) is 0 Å². The molecular weight excluding hydrogens is 360 g/mol.